The summed E-state index contributed by atoms with van der Waals surface area (Å²) in [6.45, 7) is 7.09. The van der Waals surface area contributed by atoms with E-state index in [2.05, 4.69) is 20.1 Å². The third-order valence-corrected chi connectivity index (χ3v) is 4.12. The van der Waals surface area contributed by atoms with Gasteiger partial charge in [-0.05, 0) is 20.9 Å². The molecule has 0 radical (unpaired) electrons. The van der Waals surface area contributed by atoms with Gasteiger partial charge in [-0.3, -0.25) is 4.90 Å². The SMILES string of the molecule is Cc1nnc(N2C[C@@H](F)C[C@H]2CN(C)Cc2nc(C)c(C)o2)o1. The van der Waals surface area contributed by atoms with E-state index in [1.807, 2.05) is 25.8 Å². The third kappa shape index (κ3) is 3.52. The first-order valence-electron chi connectivity index (χ1n) is 7.74. The van der Waals surface area contributed by atoms with E-state index in [0.717, 1.165) is 11.5 Å². The molecule has 0 amide bonds. The van der Waals surface area contributed by atoms with Crippen molar-refractivity contribution >= 4 is 6.01 Å². The van der Waals surface area contributed by atoms with Crippen molar-refractivity contribution in [2.45, 2.75) is 46.0 Å². The molecule has 3 rings (SSSR count). The molecule has 0 bridgehead atoms. The Balaban J connectivity index is 1.65. The molecule has 23 heavy (non-hydrogen) atoms. The van der Waals surface area contributed by atoms with Crippen LogP contribution in [0.3, 0.4) is 0 Å². The molecule has 8 heteroatoms. The second-order valence-electron chi connectivity index (χ2n) is 6.19. The summed E-state index contributed by atoms with van der Waals surface area (Å²) in [6.07, 6.45) is -0.429. The minimum atomic E-state index is -0.883. The van der Waals surface area contributed by atoms with E-state index in [0.29, 0.717) is 37.3 Å². The lowest BCUT2D eigenvalue weighted by atomic mass is 10.2. The molecule has 0 saturated carbocycles. The summed E-state index contributed by atoms with van der Waals surface area (Å²) in [5.41, 5.74) is 0.904. The number of likely N-dealkylation sites (N-methyl/N-ethyl adjacent to an activating group) is 1. The van der Waals surface area contributed by atoms with Crippen molar-refractivity contribution in [3.8, 4) is 0 Å². The second kappa shape index (κ2) is 6.27. The van der Waals surface area contributed by atoms with E-state index >= 15 is 0 Å². The molecule has 0 spiro atoms. The van der Waals surface area contributed by atoms with Crippen LogP contribution in [0.2, 0.25) is 0 Å². The second-order valence-corrected chi connectivity index (χ2v) is 6.19. The minimum absolute atomic E-state index is 0.00740. The molecule has 2 atom stereocenters. The maximum Gasteiger partial charge on any atom is 0.318 e. The first-order valence-corrected chi connectivity index (χ1v) is 7.74. The molecule has 7 nitrogen and oxygen atoms in total. The number of hydrogen-bond acceptors (Lipinski definition) is 7. The lowest BCUT2D eigenvalue weighted by Gasteiger charge is -2.26. The molecular weight excluding hydrogens is 301 g/mol. The van der Waals surface area contributed by atoms with Crippen LogP contribution < -0.4 is 4.90 Å². The maximum absolute atomic E-state index is 13.9. The molecule has 0 aromatic carbocycles. The van der Waals surface area contributed by atoms with Gasteiger partial charge in [0.2, 0.25) is 11.8 Å². The van der Waals surface area contributed by atoms with Gasteiger partial charge in [0.05, 0.1) is 18.8 Å². The molecule has 126 valence electrons. The molecule has 2 aromatic rings. The van der Waals surface area contributed by atoms with Gasteiger partial charge in [0.25, 0.3) is 0 Å². The van der Waals surface area contributed by atoms with Gasteiger partial charge in [-0.1, -0.05) is 5.10 Å². The number of halogens is 1. The number of rotatable bonds is 5. The van der Waals surface area contributed by atoms with E-state index in [1.165, 1.54) is 0 Å². The van der Waals surface area contributed by atoms with Crippen LogP contribution in [-0.4, -0.2) is 52.4 Å². The number of hydrogen-bond donors (Lipinski definition) is 0. The summed E-state index contributed by atoms with van der Waals surface area (Å²) < 4.78 is 24.9. The molecule has 0 N–H and O–H groups in total. The zero-order valence-electron chi connectivity index (χ0n) is 13.9. The van der Waals surface area contributed by atoms with E-state index in [9.17, 15) is 4.39 Å². The lowest BCUT2D eigenvalue weighted by Crippen LogP contribution is -2.39. The standard InChI is InChI=1S/C15H22FN5O2/c1-9-10(2)22-14(17-9)8-20(4)7-13-5-12(16)6-21(13)15-19-18-11(3)23-15/h12-13H,5-8H2,1-4H3/t12-,13-/m0/s1. The third-order valence-electron chi connectivity index (χ3n) is 4.12. The maximum atomic E-state index is 13.9. The Hall–Kier alpha value is -1.96. The Morgan fingerprint density at radius 2 is 2.04 bits per heavy atom. The average Bonchev–Trinajstić information content (AvgIpc) is 3.11. The molecule has 1 aliphatic heterocycles. The molecule has 0 unspecified atom stereocenters. The van der Waals surface area contributed by atoms with Gasteiger partial charge < -0.3 is 13.7 Å². The van der Waals surface area contributed by atoms with Gasteiger partial charge >= 0.3 is 6.01 Å². The fraction of sp³-hybridized carbons (Fsp3) is 0.667. The smallest absolute Gasteiger partial charge is 0.318 e. The van der Waals surface area contributed by atoms with Crippen LogP contribution in [0.4, 0.5) is 10.4 Å². The molecule has 1 fully saturated rings. The highest BCUT2D eigenvalue weighted by Gasteiger charge is 2.35. The van der Waals surface area contributed by atoms with E-state index in [4.69, 9.17) is 8.83 Å². The molecule has 1 saturated heterocycles. The minimum Gasteiger partial charge on any atom is -0.444 e. The fourth-order valence-corrected chi connectivity index (χ4v) is 2.93. The van der Waals surface area contributed by atoms with Gasteiger partial charge in [0.1, 0.15) is 11.9 Å². The summed E-state index contributed by atoms with van der Waals surface area (Å²) in [5, 5.41) is 7.84. The van der Waals surface area contributed by atoms with Crippen molar-refractivity contribution in [1.29, 1.82) is 0 Å². The Kier molecular flexibility index (Phi) is 4.34. The average molecular weight is 323 g/mol. The van der Waals surface area contributed by atoms with Crippen LogP contribution in [0.15, 0.2) is 8.83 Å². The summed E-state index contributed by atoms with van der Waals surface area (Å²) in [6, 6.07) is 0.385. The lowest BCUT2D eigenvalue weighted by molar-refractivity contribution is 0.261. The van der Waals surface area contributed by atoms with Crippen molar-refractivity contribution < 1.29 is 13.2 Å². The Bertz CT molecular complexity index is 651. The molecule has 0 aliphatic carbocycles. The van der Waals surface area contributed by atoms with Crippen LogP contribution in [0, 0.1) is 20.8 Å². The van der Waals surface area contributed by atoms with Crippen molar-refractivity contribution in [2.24, 2.45) is 0 Å². The summed E-state index contributed by atoms with van der Waals surface area (Å²) in [5.74, 6) is 2.00. The zero-order valence-corrected chi connectivity index (χ0v) is 13.9. The van der Waals surface area contributed by atoms with Gasteiger partial charge in [0, 0.05) is 25.9 Å². The Labute approximate surface area is 134 Å². The normalized spacial score (nSPS) is 21.6. The molecule has 3 heterocycles. The first kappa shape index (κ1) is 15.9. The fourth-order valence-electron chi connectivity index (χ4n) is 2.93. The van der Waals surface area contributed by atoms with Crippen molar-refractivity contribution in [2.75, 3.05) is 25.0 Å². The highest BCUT2D eigenvalue weighted by Crippen LogP contribution is 2.27. The number of oxazole rings is 1. The van der Waals surface area contributed by atoms with Crippen molar-refractivity contribution in [1.82, 2.24) is 20.1 Å². The highest BCUT2D eigenvalue weighted by molar-refractivity contribution is 5.30. The summed E-state index contributed by atoms with van der Waals surface area (Å²) >= 11 is 0. The summed E-state index contributed by atoms with van der Waals surface area (Å²) in [4.78, 5) is 8.31. The monoisotopic (exact) mass is 323 g/mol. The predicted octanol–water partition coefficient (Wildman–Crippen LogP) is 2.03. The van der Waals surface area contributed by atoms with Crippen molar-refractivity contribution in [3.63, 3.8) is 0 Å². The van der Waals surface area contributed by atoms with Gasteiger partial charge in [-0.2, -0.15) is 0 Å². The molecule has 2 aromatic heterocycles. The zero-order chi connectivity index (χ0) is 16.6. The van der Waals surface area contributed by atoms with Crippen molar-refractivity contribution in [3.05, 3.63) is 23.2 Å². The van der Waals surface area contributed by atoms with Crippen LogP contribution >= 0.6 is 0 Å². The quantitative estimate of drug-likeness (QED) is 0.833. The van der Waals surface area contributed by atoms with Crippen LogP contribution in [0.1, 0.15) is 29.7 Å². The largest absolute Gasteiger partial charge is 0.444 e. The van der Waals surface area contributed by atoms with Gasteiger partial charge in [-0.25, -0.2) is 9.37 Å². The van der Waals surface area contributed by atoms with Gasteiger partial charge in [-0.15, -0.1) is 5.10 Å². The van der Waals surface area contributed by atoms with Crippen LogP contribution in [0.5, 0.6) is 0 Å². The number of aromatic nitrogens is 3. The Morgan fingerprint density at radius 1 is 1.26 bits per heavy atom. The molecule has 1 aliphatic rings. The van der Waals surface area contributed by atoms with Crippen LogP contribution in [0.25, 0.3) is 0 Å². The van der Waals surface area contributed by atoms with Gasteiger partial charge in [0.15, 0.2) is 0 Å². The number of anilines is 1. The number of aryl methyl sites for hydroxylation is 3. The topological polar surface area (TPSA) is 71.4 Å². The predicted molar refractivity (Wildman–Crippen MR) is 82.0 cm³/mol. The highest BCUT2D eigenvalue weighted by atomic mass is 19.1. The van der Waals surface area contributed by atoms with E-state index < -0.39 is 6.17 Å². The van der Waals surface area contributed by atoms with E-state index in [-0.39, 0.29) is 12.6 Å². The van der Waals surface area contributed by atoms with E-state index in [1.54, 1.807) is 6.92 Å². The van der Waals surface area contributed by atoms with Crippen LogP contribution in [-0.2, 0) is 6.54 Å². The Morgan fingerprint density at radius 3 is 2.65 bits per heavy atom. The summed E-state index contributed by atoms with van der Waals surface area (Å²) in [7, 11) is 1.97. The first-order chi connectivity index (χ1) is 10.9. The molecular formula is C15H22FN5O2. The number of alkyl halides is 1. The number of nitrogens with zero attached hydrogens (tertiary/aromatic N) is 5.